The summed E-state index contributed by atoms with van der Waals surface area (Å²) >= 11 is 0. The molecule has 84 valence electrons. The fourth-order valence-electron chi connectivity index (χ4n) is 1.42. The predicted octanol–water partition coefficient (Wildman–Crippen LogP) is 0.461. The van der Waals surface area contributed by atoms with Crippen molar-refractivity contribution in [3.05, 3.63) is 24.3 Å². The summed E-state index contributed by atoms with van der Waals surface area (Å²) in [6, 6.07) is 6.42. The fourth-order valence-corrected chi connectivity index (χ4v) is 1.42. The largest absolute Gasteiger partial charge is 0.526 e. The quantitative estimate of drug-likeness (QED) is 0.740. The van der Waals surface area contributed by atoms with E-state index in [1.807, 2.05) is 0 Å². The van der Waals surface area contributed by atoms with Crippen LogP contribution in [0.1, 0.15) is 0 Å². The Morgan fingerprint density at radius 3 is 2.81 bits per heavy atom. The molecule has 0 unspecified atom stereocenters. The molecule has 0 saturated heterocycles. The highest BCUT2D eigenvalue weighted by Gasteiger charge is 2.17. The van der Waals surface area contributed by atoms with Crippen molar-refractivity contribution >= 4 is 23.7 Å². The molecule has 0 aliphatic rings. The van der Waals surface area contributed by atoms with E-state index in [1.165, 1.54) is 6.07 Å². The molecule has 6 heteroatoms. The van der Waals surface area contributed by atoms with Crippen LogP contribution in [0.5, 0.6) is 5.75 Å². The summed E-state index contributed by atoms with van der Waals surface area (Å²) < 4.78 is 22.1. The molecule has 0 spiro atoms. The zero-order valence-electron chi connectivity index (χ0n) is 8.39. The third kappa shape index (κ3) is 2.18. The van der Waals surface area contributed by atoms with Gasteiger partial charge in [0, 0.05) is 5.39 Å². The monoisotopic (exact) mass is 224 g/mol. The van der Waals surface area contributed by atoms with Crippen LogP contribution in [0.3, 0.4) is 0 Å². The first-order valence-corrected chi connectivity index (χ1v) is 4.79. The molecule has 0 saturated carbocycles. The van der Waals surface area contributed by atoms with E-state index in [0.29, 0.717) is 16.7 Å². The summed E-state index contributed by atoms with van der Waals surface area (Å²) in [5.74, 6) is 0.518. The SMILES string of the molecule is OB(O)c1cc2cc(OCCF)ccc2o1. The van der Waals surface area contributed by atoms with E-state index in [1.54, 1.807) is 18.2 Å². The maximum absolute atomic E-state index is 11.9. The number of alkyl halides is 1. The molecule has 2 rings (SSSR count). The Kier molecular flexibility index (Phi) is 3.12. The van der Waals surface area contributed by atoms with E-state index in [9.17, 15) is 4.39 Å². The van der Waals surface area contributed by atoms with Gasteiger partial charge >= 0.3 is 7.12 Å². The van der Waals surface area contributed by atoms with E-state index >= 15 is 0 Å². The lowest BCUT2D eigenvalue weighted by molar-refractivity contribution is 0.273. The molecule has 1 heterocycles. The van der Waals surface area contributed by atoms with Gasteiger partial charge in [-0.3, -0.25) is 0 Å². The summed E-state index contributed by atoms with van der Waals surface area (Å²) in [6.45, 7) is -0.553. The minimum Gasteiger partial charge on any atom is -0.491 e. The number of halogens is 1. The van der Waals surface area contributed by atoms with Crippen molar-refractivity contribution in [3.8, 4) is 5.75 Å². The topological polar surface area (TPSA) is 62.8 Å². The van der Waals surface area contributed by atoms with Gasteiger partial charge in [0.25, 0.3) is 0 Å². The second kappa shape index (κ2) is 4.55. The number of fused-ring (bicyclic) bond motifs is 1. The molecule has 4 nitrogen and oxygen atoms in total. The lowest BCUT2D eigenvalue weighted by atomic mass is 9.88. The van der Waals surface area contributed by atoms with Crippen molar-refractivity contribution in [2.75, 3.05) is 13.3 Å². The van der Waals surface area contributed by atoms with Crippen LogP contribution in [-0.4, -0.2) is 30.4 Å². The molecule has 2 aromatic rings. The first-order valence-electron chi connectivity index (χ1n) is 4.79. The molecular weight excluding hydrogens is 214 g/mol. The van der Waals surface area contributed by atoms with Gasteiger partial charge in [-0.15, -0.1) is 0 Å². The van der Waals surface area contributed by atoms with Gasteiger partial charge in [0.05, 0.1) is 0 Å². The van der Waals surface area contributed by atoms with Crippen LogP contribution in [-0.2, 0) is 0 Å². The molecule has 1 aromatic heterocycles. The van der Waals surface area contributed by atoms with Crippen molar-refractivity contribution in [1.29, 1.82) is 0 Å². The van der Waals surface area contributed by atoms with Gasteiger partial charge in [0.1, 0.15) is 30.3 Å². The third-order valence-corrected chi connectivity index (χ3v) is 2.11. The third-order valence-electron chi connectivity index (χ3n) is 2.11. The van der Waals surface area contributed by atoms with Gasteiger partial charge in [0.15, 0.2) is 0 Å². The Bertz CT molecular complexity index is 483. The second-order valence-corrected chi connectivity index (χ2v) is 3.26. The molecule has 2 N–H and O–H groups in total. The minimum atomic E-state index is -1.64. The van der Waals surface area contributed by atoms with Gasteiger partial charge in [-0.25, -0.2) is 4.39 Å². The normalized spacial score (nSPS) is 10.7. The van der Waals surface area contributed by atoms with Crippen molar-refractivity contribution in [3.63, 3.8) is 0 Å². The summed E-state index contributed by atoms with van der Waals surface area (Å²) in [5, 5.41) is 18.5. The molecule has 0 atom stereocenters. The van der Waals surface area contributed by atoms with Crippen LogP contribution >= 0.6 is 0 Å². The smallest absolute Gasteiger partial charge is 0.491 e. The average Bonchev–Trinajstić information content (AvgIpc) is 2.69. The molecule has 0 fully saturated rings. The van der Waals surface area contributed by atoms with E-state index in [4.69, 9.17) is 19.2 Å². The molecule has 0 aliphatic heterocycles. The van der Waals surface area contributed by atoms with Gasteiger partial charge < -0.3 is 19.2 Å². The molecule has 16 heavy (non-hydrogen) atoms. The standard InChI is InChI=1S/C10H10BFO4/c12-3-4-15-8-1-2-9-7(5-8)6-10(16-9)11(13)14/h1-2,5-6,13-14H,3-4H2. The summed E-state index contributed by atoms with van der Waals surface area (Å²) in [5.41, 5.74) is 0.591. The zero-order valence-corrected chi connectivity index (χ0v) is 8.39. The maximum atomic E-state index is 11.9. The first kappa shape index (κ1) is 11.0. The Labute approximate surface area is 91.4 Å². The number of hydrogen-bond donors (Lipinski definition) is 2. The molecule has 0 aliphatic carbocycles. The van der Waals surface area contributed by atoms with Crippen molar-refractivity contribution < 1.29 is 23.6 Å². The number of hydrogen-bond acceptors (Lipinski definition) is 4. The summed E-state index contributed by atoms with van der Waals surface area (Å²) in [7, 11) is -1.64. The highest BCUT2D eigenvalue weighted by molar-refractivity contribution is 6.57. The molecule has 1 aromatic carbocycles. The Balaban J connectivity index is 2.30. The van der Waals surface area contributed by atoms with E-state index in [2.05, 4.69) is 0 Å². The molecule has 0 radical (unpaired) electrons. The van der Waals surface area contributed by atoms with Gasteiger partial charge in [-0.1, -0.05) is 0 Å². The van der Waals surface area contributed by atoms with E-state index < -0.39 is 13.8 Å². The van der Waals surface area contributed by atoms with E-state index in [0.717, 1.165) is 0 Å². The summed E-state index contributed by atoms with van der Waals surface area (Å²) in [4.78, 5) is 0. The van der Waals surface area contributed by atoms with Crippen LogP contribution in [0.4, 0.5) is 4.39 Å². The first-order chi connectivity index (χ1) is 7.70. The minimum absolute atomic E-state index is 0.00115. The van der Waals surface area contributed by atoms with Crippen molar-refractivity contribution in [1.82, 2.24) is 0 Å². The van der Waals surface area contributed by atoms with Crippen LogP contribution in [0.15, 0.2) is 28.7 Å². The Morgan fingerprint density at radius 2 is 2.12 bits per heavy atom. The average molecular weight is 224 g/mol. The van der Waals surface area contributed by atoms with Crippen molar-refractivity contribution in [2.24, 2.45) is 0 Å². The second-order valence-electron chi connectivity index (χ2n) is 3.26. The van der Waals surface area contributed by atoms with Gasteiger partial charge in [-0.2, -0.15) is 0 Å². The molecule has 0 bridgehead atoms. The predicted molar refractivity (Wildman–Crippen MR) is 57.5 cm³/mol. The fraction of sp³-hybridized carbons (Fsp3) is 0.200. The van der Waals surface area contributed by atoms with E-state index in [-0.39, 0.29) is 12.3 Å². The van der Waals surface area contributed by atoms with Crippen LogP contribution in [0.25, 0.3) is 11.0 Å². The number of furan rings is 1. The highest BCUT2D eigenvalue weighted by Crippen LogP contribution is 2.20. The maximum Gasteiger partial charge on any atom is 0.526 e. The Hall–Kier alpha value is -1.53. The zero-order chi connectivity index (χ0) is 11.5. The Morgan fingerprint density at radius 1 is 1.31 bits per heavy atom. The van der Waals surface area contributed by atoms with Gasteiger partial charge in [0.2, 0.25) is 0 Å². The lowest BCUT2D eigenvalue weighted by Gasteiger charge is -2.01. The number of rotatable bonds is 4. The van der Waals surface area contributed by atoms with Crippen molar-refractivity contribution in [2.45, 2.75) is 0 Å². The molecular formula is C10H10BFO4. The summed E-state index contributed by atoms with van der Waals surface area (Å²) in [6.07, 6.45) is 0. The van der Waals surface area contributed by atoms with Crippen LogP contribution in [0, 0.1) is 0 Å². The number of ether oxygens (including phenoxy) is 1. The molecule has 0 amide bonds. The van der Waals surface area contributed by atoms with Gasteiger partial charge in [-0.05, 0) is 24.3 Å². The van der Waals surface area contributed by atoms with Crippen LogP contribution in [0.2, 0.25) is 0 Å². The lowest BCUT2D eigenvalue weighted by Crippen LogP contribution is -2.27. The number of benzene rings is 1. The van der Waals surface area contributed by atoms with Crippen LogP contribution < -0.4 is 10.4 Å². The highest BCUT2D eigenvalue weighted by atomic mass is 19.1.